The summed E-state index contributed by atoms with van der Waals surface area (Å²) in [6.45, 7) is 15.4. The average Bonchev–Trinajstić information content (AvgIpc) is 4.03. The minimum Gasteiger partial charge on any atom is -0.464 e. The summed E-state index contributed by atoms with van der Waals surface area (Å²) in [6, 6.07) is 8.45. The second kappa shape index (κ2) is 19.0. The number of hydrogen-bond donors (Lipinski definition) is 2. The van der Waals surface area contributed by atoms with Gasteiger partial charge in [-0.3, -0.25) is 34.0 Å². The molecule has 0 radical (unpaired) electrons. The summed E-state index contributed by atoms with van der Waals surface area (Å²) < 4.78 is 14.0. The Labute approximate surface area is 372 Å². The van der Waals surface area contributed by atoms with Gasteiger partial charge in [-0.25, -0.2) is 10.4 Å². The Morgan fingerprint density at radius 3 is 2.68 bits per heavy atom. The van der Waals surface area contributed by atoms with Crippen LogP contribution in [0.4, 0.5) is 0 Å². The Balaban J connectivity index is 1.27. The van der Waals surface area contributed by atoms with Gasteiger partial charge in [0.1, 0.15) is 22.8 Å². The number of cyclic esters (lactones) is 1. The van der Waals surface area contributed by atoms with Crippen molar-refractivity contribution in [3.05, 3.63) is 82.8 Å². The highest BCUT2D eigenvalue weighted by Crippen LogP contribution is 2.41. The number of benzene rings is 1. The van der Waals surface area contributed by atoms with Crippen molar-refractivity contribution in [3.63, 3.8) is 0 Å². The Bertz CT molecular complexity index is 2470. The summed E-state index contributed by atoms with van der Waals surface area (Å²) in [5.74, 6) is -2.58. The molecule has 2 fully saturated rings. The highest BCUT2D eigenvalue weighted by molar-refractivity contribution is 7.13. The monoisotopic (exact) mass is 878 g/mol. The molecule has 15 nitrogen and oxygen atoms in total. The number of fused-ring (bicyclic) bond motifs is 6. The number of hydrogen-bond acceptors (Lipinski definition) is 11. The van der Waals surface area contributed by atoms with Crippen LogP contribution in [0.3, 0.4) is 0 Å². The number of nitrogens with one attached hydrogen (secondary N) is 2. The molecule has 63 heavy (non-hydrogen) atoms. The third kappa shape index (κ3) is 9.48. The molecule has 2 N–H and O–H groups in total. The van der Waals surface area contributed by atoms with Gasteiger partial charge in [0.25, 0.3) is 11.8 Å². The topological polar surface area (TPSA) is 168 Å². The van der Waals surface area contributed by atoms with E-state index < -0.39 is 41.2 Å². The van der Waals surface area contributed by atoms with Gasteiger partial charge in [-0.2, -0.15) is 0 Å². The summed E-state index contributed by atoms with van der Waals surface area (Å²) in [5, 5.41) is 8.05. The fourth-order valence-corrected chi connectivity index (χ4v) is 9.87. The van der Waals surface area contributed by atoms with Gasteiger partial charge < -0.3 is 29.2 Å². The summed E-state index contributed by atoms with van der Waals surface area (Å²) in [6.07, 6.45) is 5.08. The Morgan fingerprint density at radius 2 is 1.95 bits per heavy atom. The van der Waals surface area contributed by atoms with Gasteiger partial charge in [0, 0.05) is 85.8 Å². The number of likely N-dealkylation sites (tertiary alicyclic amines) is 1. The first-order valence-corrected chi connectivity index (χ1v) is 22.5. The van der Waals surface area contributed by atoms with Crippen LogP contribution < -0.4 is 10.7 Å². The van der Waals surface area contributed by atoms with Crippen LogP contribution in [0.1, 0.15) is 70.8 Å². The largest absolute Gasteiger partial charge is 0.464 e. The van der Waals surface area contributed by atoms with E-state index in [1.807, 2.05) is 11.4 Å². The molecular weight excluding hydrogens is 821 g/mol. The SMILES string of the molecule is C=CC(=O)N1CC[C@H](C(=O)N(C)C(C(=O)N[C@H]2Cc3csc(n3)-c3ccc4c(c3)c(c(-c3cccnc3COC)n4CC)CC(C)(C)COC(=O)[C@@H]3CCCN(N3)C2=O)=C(C)C)C1. The third-order valence-electron chi connectivity index (χ3n) is 12.1. The van der Waals surface area contributed by atoms with Crippen LogP contribution in [-0.4, -0.2) is 111 Å². The van der Waals surface area contributed by atoms with E-state index in [9.17, 15) is 24.0 Å². The number of ether oxygens (including phenoxy) is 2. The van der Waals surface area contributed by atoms with Crippen molar-refractivity contribution < 1.29 is 33.4 Å². The van der Waals surface area contributed by atoms with E-state index in [4.69, 9.17) is 19.4 Å². The van der Waals surface area contributed by atoms with Crippen LogP contribution in [0.15, 0.2) is 65.8 Å². The lowest BCUT2D eigenvalue weighted by Crippen LogP contribution is -2.60. The number of allylic oxidation sites excluding steroid dienone is 1. The van der Waals surface area contributed by atoms with Crippen LogP contribution in [0.5, 0.6) is 0 Å². The molecule has 3 aliphatic heterocycles. The van der Waals surface area contributed by atoms with Gasteiger partial charge in [0.15, 0.2) is 0 Å². The highest BCUT2D eigenvalue weighted by atomic mass is 32.1. The predicted molar refractivity (Wildman–Crippen MR) is 241 cm³/mol. The molecule has 0 aliphatic carbocycles. The van der Waals surface area contributed by atoms with Crippen molar-refractivity contribution in [1.82, 2.24) is 40.1 Å². The molecule has 6 heterocycles. The zero-order valence-corrected chi connectivity index (χ0v) is 38.1. The fourth-order valence-electron chi connectivity index (χ4n) is 9.04. The lowest BCUT2D eigenvalue weighted by molar-refractivity contribution is -0.155. The zero-order valence-electron chi connectivity index (χ0n) is 37.3. The van der Waals surface area contributed by atoms with Crippen molar-refractivity contribution in [2.45, 2.75) is 92.0 Å². The smallest absolute Gasteiger partial charge is 0.324 e. The maximum Gasteiger partial charge on any atom is 0.324 e. The Morgan fingerprint density at radius 1 is 1.16 bits per heavy atom. The number of hydrazine groups is 1. The molecule has 334 valence electrons. The van der Waals surface area contributed by atoms with E-state index in [1.54, 1.807) is 39.1 Å². The molecule has 3 atom stereocenters. The highest BCUT2D eigenvalue weighted by Gasteiger charge is 2.38. The molecule has 3 aliphatic rings. The van der Waals surface area contributed by atoms with Crippen molar-refractivity contribution in [2.24, 2.45) is 11.3 Å². The van der Waals surface area contributed by atoms with Crippen LogP contribution in [0.2, 0.25) is 0 Å². The molecule has 6 bridgehead atoms. The third-order valence-corrected chi connectivity index (χ3v) is 13.0. The van der Waals surface area contributed by atoms with E-state index in [0.29, 0.717) is 63.2 Å². The summed E-state index contributed by atoms with van der Waals surface area (Å²) in [5.41, 5.74) is 9.76. The van der Waals surface area contributed by atoms with Crippen LogP contribution >= 0.6 is 11.3 Å². The number of nitrogens with zero attached hydrogens (tertiary/aromatic N) is 6. The molecule has 7 rings (SSSR count). The first kappa shape index (κ1) is 45.3. The number of carbonyl (C=O) groups excluding carboxylic acids is 5. The van der Waals surface area contributed by atoms with Crippen LogP contribution in [0.25, 0.3) is 32.7 Å². The summed E-state index contributed by atoms with van der Waals surface area (Å²) >= 11 is 1.45. The van der Waals surface area contributed by atoms with Crippen LogP contribution in [0, 0.1) is 11.3 Å². The minimum atomic E-state index is -1.12. The van der Waals surface area contributed by atoms with E-state index in [0.717, 1.165) is 44.0 Å². The van der Waals surface area contributed by atoms with Gasteiger partial charge >= 0.3 is 5.97 Å². The number of rotatable bonds is 9. The zero-order chi connectivity index (χ0) is 45.2. The van der Waals surface area contributed by atoms with Crippen molar-refractivity contribution in [1.29, 1.82) is 0 Å². The van der Waals surface area contributed by atoms with Gasteiger partial charge in [0.2, 0.25) is 11.8 Å². The molecule has 0 unspecified atom stereocenters. The molecule has 1 aromatic carbocycles. The molecular formula is C47H58N8O7S. The number of esters is 1. The molecule has 0 saturated carbocycles. The number of aryl methyl sites for hydroxylation is 1. The quantitative estimate of drug-likeness (QED) is 0.164. The summed E-state index contributed by atoms with van der Waals surface area (Å²) in [4.78, 5) is 81.4. The second-order valence-electron chi connectivity index (χ2n) is 17.6. The average molecular weight is 879 g/mol. The van der Waals surface area contributed by atoms with E-state index in [-0.39, 0.29) is 37.1 Å². The number of aromatic nitrogens is 3. The molecule has 2 saturated heterocycles. The standard InChI is InChI=1S/C47H58N8O7S/c1-9-39(56)53-20-17-30(24-53)44(58)52(7)40(28(3)4)42(57)50-36-22-31-26-63-43(49-31)29-15-16-38-33(21-29)34(41(54(38)10-2)32-13-11-18-48-37(32)25-61-8)23-47(5,6)27-62-46(60)35-14-12-19-55(51-35)45(36)59/h9,11,13,15-16,18,21,26,30,35-36,51H,1,10,12,14,17,19-20,22-25,27H2,2-8H3,(H,50,57)/t30-,35-,36-/m0/s1. The summed E-state index contributed by atoms with van der Waals surface area (Å²) in [7, 11) is 3.20. The number of amides is 4. The first-order chi connectivity index (χ1) is 30.1. The molecule has 4 aromatic rings. The normalized spacial score (nSPS) is 20.2. The van der Waals surface area contributed by atoms with Crippen molar-refractivity contribution in [2.75, 3.05) is 40.4 Å². The first-order valence-electron chi connectivity index (χ1n) is 21.6. The molecule has 4 amide bonds. The molecule has 0 spiro atoms. The van der Waals surface area contributed by atoms with Crippen molar-refractivity contribution in [3.8, 4) is 21.8 Å². The van der Waals surface area contributed by atoms with Crippen molar-refractivity contribution >= 4 is 51.8 Å². The lowest BCUT2D eigenvalue weighted by Gasteiger charge is -2.35. The molecule has 3 aromatic heterocycles. The van der Waals surface area contributed by atoms with E-state index in [1.165, 1.54) is 27.3 Å². The van der Waals surface area contributed by atoms with E-state index in [2.05, 4.69) is 66.9 Å². The fraction of sp³-hybridized carbons (Fsp3) is 0.468. The van der Waals surface area contributed by atoms with Crippen LogP contribution in [-0.2, 0) is 59.4 Å². The lowest BCUT2D eigenvalue weighted by atomic mass is 9.84. The van der Waals surface area contributed by atoms with Gasteiger partial charge in [-0.1, -0.05) is 20.4 Å². The van der Waals surface area contributed by atoms with Gasteiger partial charge in [-0.05, 0) is 94.0 Å². The second-order valence-corrected chi connectivity index (χ2v) is 18.4. The Kier molecular flexibility index (Phi) is 13.6. The number of thiazole rings is 1. The predicted octanol–water partition coefficient (Wildman–Crippen LogP) is 5.43. The Hall–Kier alpha value is -5.71. The van der Waals surface area contributed by atoms with Gasteiger partial charge in [-0.15, -0.1) is 11.3 Å². The number of likely N-dealkylation sites (N-methyl/N-ethyl adjacent to an activating group) is 1. The van der Waals surface area contributed by atoms with Gasteiger partial charge in [0.05, 0.1) is 36.2 Å². The minimum absolute atomic E-state index is 0.0463. The maximum absolute atomic E-state index is 14.5. The maximum atomic E-state index is 14.5. The number of pyridine rings is 1. The number of carbonyl (C=O) groups is 5. The number of methoxy groups -OCH3 is 1. The molecule has 16 heteroatoms. The van der Waals surface area contributed by atoms with E-state index >= 15 is 0 Å².